The zero-order valence-electron chi connectivity index (χ0n) is 18.8. The predicted molar refractivity (Wildman–Crippen MR) is 121 cm³/mol. The summed E-state index contributed by atoms with van der Waals surface area (Å²) in [5.74, 6) is 0.122. The summed E-state index contributed by atoms with van der Waals surface area (Å²) in [5, 5.41) is 21.6. The summed E-state index contributed by atoms with van der Waals surface area (Å²) in [6.07, 6.45) is 4.46. The van der Waals surface area contributed by atoms with Gasteiger partial charge < -0.3 is 29.6 Å². The van der Waals surface area contributed by atoms with Gasteiger partial charge in [0, 0.05) is 30.9 Å². The lowest BCUT2D eigenvalue weighted by Crippen LogP contribution is -2.46. The molecule has 0 amide bonds. The van der Waals surface area contributed by atoms with Crippen molar-refractivity contribution in [1.29, 1.82) is 0 Å². The lowest BCUT2D eigenvalue weighted by atomic mass is 9.84. The van der Waals surface area contributed by atoms with Crippen LogP contribution in [0.3, 0.4) is 0 Å². The molecule has 4 rings (SSSR count). The first kappa shape index (κ1) is 22.8. The molecule has 1 unspecified atom stereocenters. The zero-order valence-corrected chi connectivity index (χ0v) is 18.8. The Balaban J connectivity index is 1.33. The van der Waals surface area contributed by atoms with Crippen LogP contribution in [0.15, 0.2) is 30.3 Å². The van der Waals surface area contributed by atoms with Gasteiger partial charge in [-0.3, -0.25) is 0 Å². The molecule has 174 valence electrons. The number of aliphatic hydroxyl groups excluding tert-OH is 1. The molecule has 1 aromatic carbocycles. The number of carbonyl (C=O) groups is 1. The minimum absolute atomic E-state index is 0.107. The number of nitrogens with one attached hydrogen (secondary N) is 1. The number of fused-ring (bicyclic) bond motifs is 1. The van der Waals surface area contributed by atoms with Crippen molar-refractivity contribution in [3.05, 3.63) is 52.8 Å². The summed E-state index contributed by atoms with van der Waals surface area (Å²) in [5.41, 5.74) is 2.58. The van der Waals surface area contributed by atoms with Gasteiger partial charge in [0.15, 0.2) is 11.4 Å². The third-order valence-corrected chi connectivity index (χ3v) is 6.61. The standard InChI is InChI=1S/C25H34N2O5/c1-2-31-24(29)22-23(20-10-6-7-11-21(20)26-22)32-17-19(28)16-27-14-12-25(30,13-15-27)18-8-4-3-5-9-18/h3-5,8-9,19,26,28,30H,2,6-7,10-17H2,1H3. The highest BCUT2D eigenvalue weighted by Gasteiger charge is 2.34. The molecule has 2 heterocycles. The van der Waals surface area contributed by atoms with Crippen molar-refractivity contribution in [3.63, 3.8) is 0 Å². The molecular weight excluding hydrogens is 408 g/mol. The molecule has 7 heteroatoms. The second-order valence-electron chi connectivity index (χ2n) is 8.88. The van der Waals surface area contributed by atoms with E-state index in [4.69, 9.17) is 9.47 Å². The number of rotatable bonds is 8. The Morgan fingerprint density at radius 2 is 1.91 bits per heavy atom. The fourth-order valence-electron chi connectivity index (χ4n) is 4.83. The first-order valence-corrected chi connectivity index (χ1v) is 11.7. The van der Waals surface area contributed by atoms with Gasteiger partial charge >= 0.3 is 5.97 Å². The number of nitrogens with zero attached hydrogens (tertiary/aromatic N) is 1. The monoisotopic (exact) mass is 442 g/mol. The summed E-state index contributed by atoms with van der Waals surface area (Å²) in [4.78, 5) is 17.7. The second kappa shape index (κ2) is 10.1. The average Bonchev–Trinajstić information content (AvgIpc) is 3.19. The molecule has 3 N–H and O–H groups in total. The number of hydrogen-bond acceptors (Lipinski definition) is 6. The van der Waals surface area contributed by atoms with E-state index in [9.17, 15) is 15.0 Å². The van der Waals surface area contributed by atoms with Crippen LogP contribution in [0, 0.1) is 0 Å². The Hall–Kier alpha value is -2.35. The number of H-pyrrole nitrogens is 1. The molecule has 0 radical (unpaired) electrons. The van der Waals surface area contributed by atoms with Crippen molar-refractivity contribution >= 4 is 5.97 Å². The molecule has 0 spiro atoms. The first-order valence-electron chi connectivity index (χ1n) is 11.7. The van der Waals surface area contributed by atoms with E-state index in [1.54, 1.807) is 6.92 Å². The maximum atomic E-state index is 12.4. The topological polar surface area (TPSA) is 95.0 Å². The van der Waals surface area contributed by atoms with Crippen LogP contribution >= 0.6 is 0 Å². The molecule has 7 nitrogen and oxygen atoms in total. The number of esters is 1. The fourth-order valence-corrected chi connectivity index (χ4v) is 4.83. The van der Waals surface area contributed by atoms with E-state index in [0.717, 1.165) is 42.5 Å². The molecule has 2 aliphatic rings. The van der Waals surface area contributed by atoms with Crippen LogP contribution in [0.1, 0.15) is 59.9 Å². The molecule has 0 saturated carbocycles. The van der Waals surface area contributed by atoms with Crippen molar-refractivity contribution in [2.75, 3.05) is 32.8 Å². The molecule has 1 aliphatic carbocycles. The number of aliphatic hydroxyl groups is 2. The largest absolute Gasteiger partial charge is 0.488 e. The molecule has 1 saturated heterocycles. The number of aryl methyl sites for hydroxylation is 1. The molecule has 32 heavy (non-hydrogen) atoms. The van der Waals surface area contributed by atoms with E-state index in [-0.39, 0.29) is 6.61 Å². The summed E-state index contributed by atoms with van der Waals surface area (Å²) < 4.78 is 11.2. The van der Waals surface area contributed by atoms with Gasteiger partial charge in [-0.25, -0.2) is 4.79 Å². The Labute approximate surface area is 189 Å². The van der Waals surface area contributed by atoms with Gasteiger partial charge in [-0.05, 0) is 51.0 Å². The van der Waals surface area contributed by atoms with Crippen LogP contribution in [0.25, 0.3) is 0 Å². The number of aromatic amines is 1. The number of aromatic nitrogens is 1. The van der Waals surface area contributed by atoms with Crippen LogP contribution < -0.4 is 4.74 Å². The minimum Gasteiger partial charge on any atom is -0.488 e. The highest BCUT2D eigenvalue weighted by Crippen LogP contribution is 2.34. The van der Waals surface area contributed by atoms with E-state index in [1.165, 1.54) is 0 Å². The lowest BCUT2D eigenvalue weighted by Gasteiger charge is -2.39. The van der Waals surface area contributed by atoms with Gasteiger partial charge in [-0.1, -0.05) is 30.3 Å². The van der Waals surface area contributed by atoms with E-state index >= 15 is 0 Å². The van der Waals surface area contributed by atoms with Crippen LogP contribution in [-0.4, -0.2) is 65.0 Å². The van der Waals surface area contributed by atoms with Crippen LogP contribution in [0.2, 0.25) is 0 Å². The highest BCUT2D eigenvalue weighted by molar-refractivity contribution is 5.91. The summed E-state index contributed by atoms with van der Waals surface area (Å²) in [6.45, 7) is 4.06. The molecule has 1 aliphatic heterocycles. The van der Waals surface area contributed by atoms with Gasteiger partial charge in [0.25, 0.3) is 0 Å². The molecule has 1 aromatic heterocycles. The predicted octanol–water partition coefficient (Wildman–Crippen LogP) is 2.79. The Morgan fingerprint density at radius 3 is 2.62 bits per heavy atom. The molecular formula is C25H34N2O5. The Kier molecular flexibility index (Phi) is 7.18. The van der Waals surface area contributed by atoms with E-state index in [2.05, 4.69) is 9.88 Å². The highest BCUT2D eigenvalue weighted by atomic mass is 16.5. The van der Waals surface area contributed by atoms with Gasteiger partial charge in [-0.15, -0.1) is 0 Å². The summed E-state index contributed by atoms with van der Waals surface area (Å²) >= 11 is 0. The van der Waals surface area contributed by atoms with Crippen LogP contribution in [-0.2, 0) is 23.2 Å². The summed E-state index contributed by atoms with van der Waals surface area (Å²) in [7, 11) is 0. The van der Waals surface area contributed by atoms with Crippen molar-refractivity contribution in [2.24, 2.45) is 0 Å². The second-order valence-corrected chi connectivity index (χ2v) is 8.88. The van der Waals surface area contributed by atoms with Gasteiger partial charge in [0.05, 0.1) is 12.2 Å². The van der Waals surface area contributed by atoms with Crippen molar-refractivity contribution in [1.82, 2.24) is 9.88 Å². The van der Waals surface area contributed by atoms with Crippen LogP contribution in [0.5, 0.6) is 5.75 Å². The van der Waals surface area contributed by atoms with Crippen molar-refractivity contribution in [3.8, 4) is 5.75 Å². The number of benzene rings is 1. The Bertz CT molecular complexity index is 903. The van der Waals surface area contributed by atoms with Crippen LogP contribution in [0.4, 0.5) is 0 Å². The van der Waals surface area contributed by atoms with E-state index in [1.807, 2.05) is 30.3 Å². The first-order chi connectivity index (χ1) is 15.5. The molecule has 1 atom stereocenters. The van der Waals surface area contributed by atoms with Crippen molar-refractivity contribution < 1.29 is 24.5 Å². The number of piperidine rings is 1. The Morgan fingerprint density at radius 1 is 1.19 bits per heavy atom. The SMILES string of the molecule is CCOC(=O)c1[nH]c2c(c1OCC(O)CN1CCC(O)(c3ccccc3)CC1)CCCC2. The maximum Gasteiger partial charge on any atom is 0.358 e. The third-order valence-electron chi connectivity index (χ3n) is 6.61. The van der Waals surface area contributed by atoms with E-state index in [0.29, 0.717) is 50.5 Å². The summed E-state index contributed by atoms with van der Waals surface area (Å²) in [6, 6.07) is 9.79. The van der Waals surface area contributed by atoms with Gasteiger partial charge in [0.1, 0.15) is 12.7 Å². The number of ether oxygens (including phenoxy) is 2. The minimum atomic E-state index is -0.808. The quantitative estimate of drug-likeness (QED) is 0.544. The van der Waals surface area contributed by atoms with Gasteiger partial charge in [-0.2, -0.15) is 0 Å². The lowest BCUT2D eigenvalue weighted by molar-refractivity contribution is -0.0372. The number of carbonyl (C=O) groups excluding carboxylic acids is 1. The molecule has 0 bridgehead atoms. The normalized spacial score (nSPS) is 19.2. The molecule has 1 fully saturated rings. The average molecular weight is 443 g/mol. The maximum absolute atomic E-state index is 12.4. The van der Waals surface area contributed by atoms with E-state index < -0.39 is 17.7 Å². The molecule has 2 aromatic rings. The number of β-amino-alcohol motifs (C(OH)–C–C–N with tert-alkyl or cyclic N) is 1. The fraction of sp³-hybridized carbons (Fsp3) is 0.560. The number of hydrogen-bond donors (Lipinski definition) is 3. The number of likely N-dealkylation sites (tertiary alicyclic amines) is 1. The van der Waals surface area contributed by atoms with Crippen molar-refractivity contribution in [2.45, 2.75) is 57.2 Å². The smallest absolute Gasteiger partial charge is 0.358 e. The zero-order chi connectivity index (χ0) is 22.6. The third kappa shape index (κ3) is 5.00. The van der Waals surface area contributed by atoms with Gasteiger partial charge in [0.2, 0.25) is 0 Å².